The van der Waals surface area contributed by atoms with E-state index >= 15 is 0 Å². The smallest absolute Gasteiger partial charge is 0.164 e. The summed E-state index contributed by atoms with van der Waals surface area (Å²) in [4.78, 5) is 28.0. The molecule has 0 saturated carbocycles. The average Bonchev–Trinajstić information content (AvgIpc) is 3.19. The zero-order chi connectivity index (χ0) is 33.4. The van der Waals surface area contributed by atoms with E-state index in [4.69, 9.17) is 15.0 Å². The second-order valence-electron chi connectivity index (χ2n) is 11.3. The summed E-state index contributed by atoms with van der Waals surface area (Å²) in [6, 6.07) is 49.1. The first-order valence-corrected chi connectivity index (χ1v) is 16.0. The van der Waals surface area contributed by atoms with Gasteiger partial charge in [-0.15, -0.1) is 0 Å². The van der Waals surface area contributed by atoms with Crippen LogP contribution in [-0.4, -0.2) is 32.5 Å². The first-order chi connectivity index (χ1) is 24.2. The highest BCUT2D eigenvalue weighted by Crippen LogP contribution is 2.34. The van der Waals surface area contributed by atoms with Gasteiger partial charge in [0.1, 0.15) is 0 Å². The maximum atomic E-state index is 5.03. The second-order valence-corrected chi connectivity index (χ2v) is 11.3. The lowest BCUT2D eigenvalue weighted by Crippen LogP contribution is -2.00. The summed E-state index contributed by atoms with van der Waals surface area (Å²) in [5, 5.41) is 0. The molecule has 49 heavy (non-hydrogen) atoms. The van der Waals surface area contributed by atoms with Crippen LogP contribution in [0.3, 0.4) is 0 Å². The number of rotatable bonds is 8. The van der Waals surface area contributed by atoms with Crippen LogP contribution >= 0.6 is 0 Å². The normalized spacial score (nSPS) is 11.5. The minimum atomic E-state index is 0.569. The molecule has 6 nitrogen and oxygen atoms in total. The lowest BCUT2D eigenvalue weighted by atomic mass is 9.94. The number of hydrogen-bond acceptors (Lipinski definition) is 5. The second kappa shape index (κ2) is 14.4. The van der Waals surface area contributed by atoms with E-state index in [1.165, 1.54) is 0 Å². The molecule has 0 bridgehead atoms. The van der Waals surface area contributed by atoms with Gasteiger partial charge < -0.3 is 0 Å². The van der Waals surface area contributed by atoms with Crippen molar-refractivity contribution in [3.05, 3.63) is 170 Å². The number of aromatic nitrogens is 4. The Balaban J connectivity index is 1.38. The maximum absolute atomic E-state index is 5.03. The molecule has 0 saturated heterocycles. The molecule has 0 aliphatic carbocycles. The van der Waals surface area contributed by atoms with E-state index in [-0.39, 0.29) is 0 Å². The Hall–Kier alpha value is -6.66. The Morgan fingerprint density at radius 3 is 1.51 bits per heavy atom. The average molecular weight is 633 g/mol. The predicted molar refractivity (Wildman–Crippen MR) is 201 cm³/mol. The van der Waals surface area contributed by atoms with Gasteiger partial charge in [0.15, 0.2) is 23.3 Å². The fourth-order valence-corrected chi connectivity index (χ4v) is 5.56. The molecule has 6 heteroatoms. The highest BCUT2D eigenvalue weighted by atomic mass is 15.0. The van der Waals surface area contributed by atoms with Gasteiger partial charge in [0, 0.05) is 40.2 Å². The highest BCUT2D eigenvalue weighted by Gasteiger charge is 2.15. The van der Waals surface area contributed by atoms with Crippen LogP contribution in [0.4, 0.5) is 0 Å². The Morgan fingerprint density at radius 1 is 0.510 bits per heavy atom. The van der Waals surface area contributed by atoms with Crippen molar-refractivity contribution in [2.24, 2.45) is 9.98 Å². The van der Waals surface area contributed by atoms with Crippen LogP contribution < -0.4 is 0 Å². The summed E-state index contributed by atoms with van der Waals surface area (Å²) in [5.74, 6) is 2.39. The molecular formula is C43H32N6. The number of aliphatic imine (C=N–C) groups is 2. The summed E-state index contributed by atoms with van der Waals surface area (Å²) in [7, 11) is 0. The summed E-state index contributed by atoms with van der Waals surface area (Å²) >= 11 is 0. The van der Waals surface area contributed by atoms with E-state index in [1.807, 2.05) is 110 Å². The molecule has 5 aromatic carbocycles. The quantitative estimate of drug-likeness (QED) is 0.123. The van der Waals surface area contributed by atoms with Crippen LogP contribution in [0.2, 0.25) is 0 Å². The summed E-state index contributed by atoms with van der Waals surface area (Å²) < 4.78 is 0. The van der Waals surface area contributed by atoms with Crippen molar-refractivity contribution >= 4 is 12.6 Å². The lowest BCUT2D eigenvalue weighted by Gasteiger charge is -2.13. The van der Waals surface area contributed by atoms with Gasteiger partial charge in [0.25, 0.3) is 0 Å². The number of pyridine rings is 1. The van der Waals surface area contributed by atoms with Crippen LogP contribution in [0.1, 0.15) is 12.5 Å². The molecule has 0 unspecified atom stereocenters. The highest BCUT2D eigenvalue weighted by molar-refractivity contribution is 6.02. The van der Waals surface area contributed by atoms with Gasteiger partial charge in [-0.3, -0.25) is 4.98 Å². The van der Waals surface area contributed by atoms with Crippen molar-refractivity contribution < 1.29 is 0 Å². The predicted octanol–water partition coefficient (Wildman–Crippen LogP) is 10.2. The molecule has 0 spiro atoms. The monoisotopic (exact) mass is 632 g/mol. The Bertz CT molecular complexity index is 2200. The van der Waals surface area contributed by atoms with E-state index in [0.717, 1.165) is 55.8 Å². The summed E-state index contributed by atoms with van der Waals surface area (Å²) in [5.41, 5.74) is 9.76. The topological polar surface area (TPSA) is 76.3 Å². The van der Waals surface area contributed by atoms with Gasteiger partial charge in [0.2, 0.25) is 0 Å². The largest absolute Gasteiger partial charge is 0.256 e. The Labute approximate surface area is 286 Å². The molecule has 0 aliphatic heterocycles. The molecule has 234 valence electrons. The molecule has 2 heterocycles. The van der Waals surface area contributed by atoms with Crippen molar-refractivity contribution in [2.45, 2.75) is 6.92 Å². The third-order valence-electron chi connectivity index (χ3n) is 8.04. The molecule has 0 radical (unpaired) electrons. The SMILES string of the molecule is C=N/C(=N\C=C/C)c1ccc(-c2cc(-c3ccc(-c4ccccn4)cc3)cc(-c3nc(-c4ccccc4)nc(-c4ccccc4)n3)c2)cc1. The van der Waals surface area contributed by atoms with Gasteiger partial charge in [-0.2, -0.15) is 0 Å². The third-order valence-corrected chi connectivity index (χ3v) is 8.04. The summed E-state index contributed by atoms with van der Waals surface area (Å²) in [6.07, 6.45) is 5.39. The van der Waals surface area contributed by atoms with E-state index in [9.17, 15) is 0 Å². The zero-order valence-corrected chi connectivity index (χ0v) is 27.0. The van der Waals surface area contributed by atoms with Crippen molar-refractivity contribution in [1.29, 1.82) is 0 Å². The molecule has 0 N–H and O–H groups in total. The minimum Gasteiger partial charge on any atom is -0.256 e. The summed E-state index contributed by atoms with van der Waals surface area (Å²) in [6.45, 7) is 5.63. The van der Waals surface area contributed by atoms with Crippen molar-refractivity contribution in [3.63, 3.8) is 0 Å². The molecule has 0 aliphatic rings. The fourth-order valence-electron chi connectivity index (χ4n) is 5.56. The Kier molecular flexibility index (Phi) is 9.10. The van der Waals surface area contributed by atoms with E-state index in [1.54, 1.807) is 6.20 Å². The van der Waals surface area contributed by atoms with Crippen LogP contribution in [0.5, 0.6) is 0 Å². The number of benzene rings is 5. The van der Waals surface area contributed by atoms with E-state index in [2.05, 4.69) is 76.3 Å². The van der Waals surface area contributed by atoms with Gasteiger partial charge in [-0.05, 0) is 66.2 Å². The van der Waals surface area contributed by atoms with Crippen LogP contribution in [0.25, 0.3) is 67.7 Å². The maximum Gasteiger partial charge on any atom is 0.164 e. The van der Waals surface area contributed by atoms with Crippen LogP contribution in [0, 0.1) is 0 Å². The van der Waals surface area contributed by atoms with Gasteiger partial charge in [-0.25, -0.2) is 24.9 Å². The molecule has 2 aromatic heterocycles. The zero-order valence-electron chi connectivity index (χ0n) is 27.0. The first-order valence-electron chi connectivity index (χ1n) is 16.0. The lowest BCUT2D eigenvalue weighted by molar-refractivity contribution is 1.07. The van der Waals surface area contributed by atoms with Crippen molar-refractivity contribution in [3.8, 4) is 67.7 Å². The molecule has 7 rings (SSSR count). The van der Waals surface area contributed by atoms with Crippen LogP contribution in [0.15, 0.2) is 174 Å². The van der Waals surface area contributed by atoms with Gasteiger partial charge >= 0.3 is 0 Å². The van der Waals surface area contributed by atoms with Crippen LogP contribution in [-0.2, 0) is 0 Å². The van der Waals surface area contributed by atoms with E-state index in [0.29, 0.717) is 23.3 Å². The standard InChI is InChI=1S/C43H32N6/c1-3-25-46-40(44-2)35-23-19-31(20-24-35)37-27-36(30-17-21-32(22-18-30)39-16-10-11-26-45-39)28-38(29-37)43-48-41(33-12-6-4-7-13-33)47-42(49-43)34-14-8-5-9-15-34/h3-29H,2H2,1H3/b25-3-,46-40-. The van der Waals surface area contributed by atoms with Crippen molar-refractivity contribution in [2.75, 3.05) is 0 Å². The number of allylic oxidation sites excluding steroid dienone is 1. The number of amidine groups is 1. The van der Waals surface area contributed by atoms with E-state index < -0.39 is 0 Å². The number of hydrogen-bond donors (Lipinski definition) is 0. The van der Waals surface area contributed by atoms with Crippen molar-refractivity contribution in [1.82, 2.24) is 19.9 Å². The molecule has 0 amide bonds. The fraction of sp³-hybridized carbons (Fsp3) is 0.0233. The Morgan fingerprint density at radius 2 is 1.00 bits per heavy atom. The minimum absolute atomic E-state index is 0.569. The third kappa shape index (κ3) is 7.04. The molecule has 0 fully saturated rings. The molecule has 7 aromatic rings. The van der Waals surface area contributed by atoms with Gasteiger partial charge in [0.05, 0.1) is 5.69 Å². The van der Waals surface area contributed by atoms with Gasteiger partial charge in [-0.1, -0.05) is 121 Å². The first kappa shape index (κ1) is 31.0. The molecule has 0 atom stereocenters. The number of nitrogens with zero attached hydrogens (tertiary/aromatic N) is 6. The molecular weight excluding hydrogens is 601 g/mol.